The Labute approximate surface area is 381 Å². The second kappa shape index (κ2) is 16.5. The van der Waals surface area contributed by atoms with E-state index in [2.05, 4.69) is 27.7 Å². The molecule has 1 amide bonds. The number of aryl methyl sites for hydroxylation is 1. The van der Waals surface area contributed by atoms with Crippen LogP contribution in [-0.4, -0.2) is 114 Å². The topological polar surface area (TPSA) is 192 Å². The van der Waals surface area contributed by atoms with Crippen LogP contribution in [0.15, 0.2) is 29.8 Å². The number of aliphatic hydroxyl groups excluding tert-OH is 4. The van der Waals surface area contributed by atoms with Crippen molar-refractivity contribution in [3.8, 4) is 5.75 Å². The minimum absolute atomic E-state index is 0.00284. The Bertz CT molecular complexity index is 1980. The Kier molecular flexibility index (Phi) is 12.2. The highest BCUT2D eigenvalue weighted by atomic mass is 33.1. The molecule has 5 heterocycles. The molecule has 6 fully saturated rings. The van der Waals surface area contributed by atoms with Gasteiger partial charge in [-0.25, -0.2) is 0 Å². The van der Waals surface area contributed by atoms with E-state index >= 15 is 9.59 Å². The SMILES string of the molecule is CC(C)[C@@H](C)[C@@H]1O[C@H]1[C@](C)(O)[C@H]1CC[C@@]2(O)C3=CC(=O)[C@@]45CSS[C@H](CCCO)[C@@H]6CCC[C@@H](CO)[C@]67CCN(C7=O)c6cc(O)cc(c6)CC[C@@]12CC[C@@H]3[C@@]4(C)C[C@H](O)[C@H](O)C5. The van der Waals surface area contributed by atoms with Gasteiger partial charge in [-0.05, 0) is 161 Å². The first-order chi connectivity index (χ1) is 29.8. The number of ketones is 1. The number of rotatable bonds is 8. The molecule has 7 N–H and O–H groups in total. The average Bonchev–Trinajstić information content (AvgIpc) is 3.90. The van der Waals surface area contributed by atoms with Crippen molar-refractivity contribution in [2.45, 2.75) is 165 Å². The van der Waals surface area contributed by atoms with Gasteiger partial charge in [0, 0.05) is 47.9 Å². The zero-order chi connectivity index (χ0) is 45.1. The van der Waals surface area contributed by atoms with Gasteiger partial charge in [0.25, 0.3) is 0 Å². The number of epoxide rings is 1. The van der Waals surface area contributed by atoms with Crippen LogP contribution in [0.5, 0.6) is 5.75 Å². The first-order valence-electron chi connectivity index (χ1n) is 24.2. The fraction of sp³-hybridized carbons (Fsp3) is 0.800. The highest BCUT2D eigenvalue weighted by Crippen LogP contribution is 2.73. The normalized spacial score (nSPS) is 45.1. The smallest absolute Gasteiger partial charge is 0.233 e. The first-order valence-corrected chi connectivity index (χ1v) is 26.6. The summed E-state index contributed by atoms with van der Waals surface area (Å²) in [5.74, 6) is -0.181. The second-order valence-corrected chi connectivity index (χ2v) is 24.9. The molecule has 0 radical (unpaired) electrons. The predicted molar refractivity (Wildman–Crippen MR) is 245 cm³/mol. The third kappa shape index (κ3) is 6.83. The highest BCUT2D eigenvalue weighted by Gasteiger charge is 2.74. The third-order valence-electron chi connectivity index (χ3n) is 19.4. The maximum Gasteiger partial charge on any atom is 0.233 e. The lowest BCUT2D eigenvalue weighted by Crippen LogP contribution is -2.67. The number of carbonyl (C=O) groups is 2. The van der Waals surface area contributed by atoms with Crippen LogP contribution in [0.25, 0.3) is 0 Å². The van der Waals surface area contributed by atoms with E-state index < -0.39 is 51.2 Å². The average molecular weight is 912 g/mol. The van der Waals surface area contributed by atoms with Gasteiger partial charge in [0.1, 0.15) is 11.9 Å². The van der Waals surface area contributed by atoms with Crippen LogP contribution >= 0.6 is 21.6 Å². The van der Waals surface area contributed by atoms with Crippen molar-refractivity contribution in [1.82, 2.24) is 0 Å². The molecule has 3 spiro atoms. The van der Waals surface area contributed by atoms with Crippen LogP contribution in [0.1, 0.15) is 124 Å². The zero-order valence-electron chi connectivity index (χ0n) is 38.0. The Morgan fingerprint density at radius 1 is 0.984 bits per heavy atom. The summed E-state index contributed by atoms with van der Waals surface area (Å²) in [4.78, 5) is 32.5. The maximum absolute atomic E-state index is 15.4. The Morgan fingerprint density at radius 3 is 2.48 bits per heavy atom. The van der Waals surface area contributed by atoms with Gasteiger partial charge in [0.05, 0.1) is 40.3 Å². The summed E-state index contributed by atoms with van der Waals surface area (Å²) < 4.78 is 6.36. The maximum atomic E-state index is 15.4. The highest BCUT2D eigenvalue weighted by molar-refractivity contribution is 8.77. The van der Waals surface area contributed by atoms with Gasteiger partial charge < -0.3 is 45.4 Å². The summed E-state index contributed by atoms with van der Waals surface area (Å²) in [5, 5.41) is 82.0. The van der Waals surface area contributed by atoms with E-state index in [1.807, 2.05) is 17.9 Å². The molecule has 0 aromatic heterocycles. The van der Waals surface area contributed by atoms with Crippen LogP contribution in [0.3, 0.4) is 0 Å². The molecule has 1 aromatic carbocycles. The molecule has 350 valence electrons. The number of aliphatic hydroxyl groups is 6. The lowest BCUT2D eigenvalue weighted by molar-refractivity contribution is -0.183. The zero-order valence-corrected chi connectivity index (χ0v) is 39.6. The number of amides is 1. The van der Waals surface area contributed by atoms with Crippen LogP contribution in [0.4, 0.5) is 5.69 Å². The molecule has 1 aromatic rings. The third-order valence-corrected chi connectivity index (χ3v) is 22.5. The predicted octanol–water partition coefficient (Wildman–Crippen LogP) is 6.36. The number of nitrogens with zero attached hydrogens (tertiary/aromatic N) is 1. The number of allylic oxidation sites excluding steroid dienone is 1. The molecule has 4 saturated carbocycles. The van der Waals surface area contributed by atoms with E-state index in [0.29, 0.717) is 87.3 Å². The van der Waals surface area contributed by atoms with Crippen LogP contribution in [0.2, 0.25) is 0 Å². The van der Waals surface area contributed by atoms with E-state index in [1.54, 1.807) is 39.8 Å². The Hall–Kier alpha value is -1.68. The van der Waals surface area contributed by atoms with Gasteiger partial charge >= 0.3 is 0 Å². The summed E-state index contributed by atoms with van der Waals surface area (Å²) in [5.41, 5.74) is -4.21. The van der Waals surface area contributed by atoms with E-state index in [9.17, 15) is 35.7 Å². The number of anilines is 1. The number of benzene rings is 1. The summed E-state index contributed by atoms with van der Waals surface area (Å²) in [6.07, 6.45) is 6.49. The van der Waals surface area contributed by atoms with Gasteiger partial charge in [0.15, 0.2) is 5.78 Å². The second-order valence-electron chi connectivity index (χ2n) is 22.3. The molecule has 63 heavy (non-hydrogen) atoms. The Morgan fingerprint density at radius 2 is 1.75 bits per heavy atom. The first kappa shape index (κ1) is 46.4. The number of aromatic hydroxyl groups is 1. The quantitative estimate of drug-likeness (QED) is 0.113. The number of hydrogen-bond acceptors (Lipinski definition) is 12. The number of fused-ring (bicyclic) bond motifs is 2. The number of phenolic OH excluding ortho intramolecular Hbond substituents is 1. The minimum atomic E-state index is -1.46. The molecule has 16 atom stereocenters. The van der Waals surface area contributed by atoms with Crippen molar-refractivity contribution in [3.63, 3.8) is 0 Å². The number of ether oxygens (including phenoxy) is 1. The summed E-state index contributed by atoms with van der Waals surface area (Å²) in [7, 11) is 3.26. The number of phenols is 1. The van der Waals surface area contributed by atoms with Gasteiger partial charge in [-0.15, -0.1) is 0 Å². The summed E-state index contributed by atoms with van der Waals surface area (Å²) in [6.45, 7) is 10.8. The fourth-order valence-corrected chi connectivity index (χ4v) is 19.4. The van der Waals surface area contributed by atoms with E-state index in [4.69, 9.17) is 4.74 Å². The molecule has 10 aliphatic rings. The Balaban J connectivity index is 1.20. The molecule has 5 aliphatic heterocycles. The number of carbonyl (C=O) groups excluding carboxylic acids is 2. The monoisotopic (exact) mass is 911 g/mol. The standard InChI is InChI=1S/C50H73NO10S2/c1-28(2)29(3)42-43(61-42)46(5,59)40-13-16-50(60)36-23-41(57)48-25-38(56)37(55)24-45(48,4)34(36)12-15-47(40,50)14-11-30-20-32(22-33(54)21-30)51-18-17-49(44(51)58)31(26-53)8-6-9-35(49)39(10-7-19-52)63-62-27-48/h20-23,28-29,31,34-35,37-40,42-43,52-56,59-60H,6-19,24-27H2,1-5H3/t29-,31+,34+,35+,37+,38-,39-,40-,42+,43-,45-,46-,47-,48-,49-,50-/m1/s1. The number of hydrogen-bond donors (Lipinski definition) is 7. The fourth-order valence-electron chi connectivity index (χ4n) is 15.6. The summed E-state index contributed by atoms with van der Waals surface area (Å²) >= 11 is 0. The molecule has 0 unspecified atom stereocenters. The van der Waals surface area contributed by atoms with Crippen molar-refractivity contribution < 1.29 is 50.1 Å². The van der Waals surface area contributed by atoms with Crippen LogP contribution in [0, 0.1) is 57.2 Å². The lowest BCUT2D eigenvalue weighted by Gasteiger charge is -2.65. The molecule has 5 aliphatic carbocycles. The van der Waals surface area contributed by atoms with E-state index in [1.165, 1.54) is 0 Å². The molecule has 11 rings (SSSR count). The van der Waals surface area contributed by atoms with Gasteiger partial charge in [0.2, 0.25) is 5.91 Å². The van der Waals surface area contributed by atoms with Gasteiger partial charge in [-0.1, -0.05) is 55.7 Å². The molecule has 8 bridgehead atoms. The van der Waals surface area contributed by atoms with Crippen molar-refractivity contribution in [3.05, 3.63) is 35.4 Å². The molecular weight excluding hydrogens is 839 g/mol. The van der Waals surface area contributed by atoms with Crippen LogP contribution < -0.4 is 4.90 Å². The molecule has 11 nitrogen and oxygen atoms in total. The molecule has 13 heteroatoms. The van der Waals surface area contributed by atoms with Crippen molar-refractivity contribution in [2.24, 2.45) is 57.2 Å². The minimum Gasteiger partial charge on any atom is -0.508 e. The summed E-state index contributed by atoms with van der Waals surface area (Å²) in [6, 6.07) is 5.39. The molecular formula is C50H73NO10S2. The lowest BCUT2D eigenvalue weighted by atomic mass is 9.41. The van der Waals surface area contributed by atoms with E-state index in [-0.39, 0.29) is 84.4 Å². The van der Waals surface area contributed by atoms with E-state index in [0.717, 1.165) is 24.8 Å². The van der Waals surface area contributed by atoms with Crippen molar-refractivity contribution in [2.75, 3.05) is 30.4 Å². The van der Waals surface area contributed by atoms with Gasteiger partial charge in [-0.3, -0.25) is 9.59 Å². The molecule has 2 saturated heterocycles. The van der Waals surface area contributed by atoms with Crippen LogP contribution in [-0.2, 0) is 20.7 Å². The van der Waals surface area contributed by atoms with Gasteiger partial charge in [-0.2, -0.15) is 0 Å². The largest absolute Gasteiger partial charge is 0.508 e. The van der Waals surface area contributed by atoms with Crippen molar-refractivity contribution in [1.29, 1.82) is 0 Å². The van der Waals surface area contributed by atoms with Crippen molar-refractivity contribution >= 4 is 39.0 Å².